The van der Waals surface area contributed by atoms with Gasteiger partial charge in [0.1, 0.15) is 10.6 Å². The first-order valence-corrected chi connectivity index (χ1v) is 7.86. The highest BCUT2D eigenvalue weighted by molar-refractivity contribution is 7.89. The molecule has 0 aromatic carbocycles. The molecule has 0 saturated heterocycles. The van der Waals surface area contributed by atoms with Crippen LogP contribution in [0, 0.1) is 0 Å². The summed E-state index contributed by atoms with van der Waals surface area (Å²) < 4.78 is 26.9. The summed E-state index contributed by atoms with van der Waals surface area (Å²) in [5.41, 5.74) is 0.254. The molecule has 0 aliphatic heterocycles. The van der Waals surface area contributed by atoms with Crippen molar-refractivity contribution in [1.29, 1.82) is 0 Å². The van der Waals surface area contributed by atoms with E-state index >= 15 is 0 Å². The summed E-state index contributed by atoms with van der Waals surface area (Å²) in [6.45, 7) is 2.20. The second-order valence-electron chi connectivity index (χ2n) is 4.49. The van der Waals surface area contributed by atoms with Crippen LogP contribution in [0.2, 0.25) is 0 Å². The van der Waals surface area contributed by atoms with Crippen LogP contribution in [-0.2, 0) is 17.1 Å². The number of amides is 1. The van der Waals surface area contributed by atoms with Crippen molar-refractivity contribution < 1.29 is 18.3 Å². The van der Waals surface area contributed by atoms with Gasteiger partial charge < -0.3 is 15.0 Å². The summed E-state index contributed by atoms with van der Waals surface area (Å²) >= 11 is 0. The van der Waals surface area contributed by atoms with Crippen molar-refractivity contribution in [2.45, 2.75) is 30.8 Å². The van der Waals surface area contributed by atoms with Crippen LogP contribution in [0.4, 0.5) is 0 Å². The Bertz CT molecular complexity index is 565. The topological polar surface area (TPSA) is 100 Å². The number of nitrogens with one attached hydrogen (secondary N) is 2. The fourth-order valence-electron chi connectivity index (χ4n) is 1.67. The minimum absolute atomic E-state index is 0.0428. The lowest BCUT2D eigenvalue weighted by Gasteiger charge is -2.09. The third kappa shape index (κ3) is 4.06. The van der Waals surface area contributed by atoms with Crippen molar-refractivity contribution in [3.05, 3.63) is 18.0 Å². The molecule has 3 N–H and O–H groups in total. The van der Waals surface area contributed by atoms with Crippen molar-refractivity contribution in [3.8, 4) is 0 Å². The van der Waals surface area contributed by atoms with Crippen LogP contribution in [0.3, 0.4) is 0 Å². The number of carbonyl (C=O) groups is 1. The van der Waals surface area contributed by atoms with Crippen LogP contribution in [0.15, 0.2) is 17.2 Å². The van der Waals surface area contributed by atoms with Crippen LogP contribution in [0.5, 0.6) is 0 Å². The number of aliphatic hydroxyl groups is 1. The molecule has 1 rings (SSSR count). The molecule has 0 bridgehead atoms. The lowest BCUT2D eigenvalue weighted by Crippen LogP contribution is -2.28. The van der Waals surface area contributed by atoms with E-state index in [9.17, 15) is 18.3 Å². The van der Waals surface area contributed by atoms with Gasteiger partial charge in [-0.25, -0.2) is 13.1 Å². The molecule has 0 aliphatic carbocycles. The SMILES string of the molecule is CCC(O)CCNC(=O)c1cc(S(=O)(=O)NC)cn1C. The van der Waals surface area contributed by atoms with E-state index in [-0.39, 0.29) is 16.5 Å². The number of rotatable bonds is 7. The third-order valence-corrected chi connectivity index (χ3v) is 4.41. The van der Waals surface area contributed by atoms with E-state index in [1.165, 1.54) is 23.9 Å². The smallest absolute Gasteiger partial charge is 0.267 e. The van der Waals surface area contributed by atoms with E-state index in [2.05, 4.69) is 10.0 Å². The summed E-state index contributed by atoms with van der Waals surface area (Å²) in [4.78, 5) is 12.0. The van der Waals surface area contributed by atoms with E-state index < -0.39 is 16.1 Å². The number of nitrogens with zero attached hydrogens (tertiary/aromatic N) is 1. The molecule has 8 heteroatoms. The van der Waals surface area contributed by atoms with Gasteiger partial charge in [0, 0.05) is 19.8 Å². The third-order valence-electron chi connectivity index (χ3n) is 3.03. The second-order valence-corrected chi connectivity index (χ2v) is 6.37. The van der Waals surface area contributed by atoms with E-state index in [1.54, 1.807) is 7.05 Å². The number of hydrogen-bond acceptors (Lipinski definition) is 4. The number of sulfonamides is 1. The molecule has 0 fully saturated rings. The van der Waals surface area contributed by atoms with Crippen LogP contribution in [0.1, 0.15) is 30.3 Å². The van der Waals surface area contributed by atoms with Gasteiger partial charge in [-0.15, -0.1) is 0 Å². The normalized spacial score (nSPS) is 13.2. The summed E-state index contributed by atoms with van der Waals surface area (Å²) in [7, 11) is -0.647. The first-order valence-electron chi connectivity index (χ1n) is 6.38. The highest BCUT2D eigenvalue weighted by Gasteiger charge is 2.18. The predicted molar refractivity (Wildman–Crippen MR) is 74.9 cm³/mol. The molecule has 0 spiro atoms. The van der Waals surface area contributed by atoms with Gasteiger partial charge in [-0.3, -0.25) is 4.79 Å². The van der Waals surface area contributed by atoms with Crippen molar-refractivity contribution in [3.63, 3.8) is 0 Å². The summed E-state index contributed by atoms with van der Waals surface area (Å²) in [5.74, 6) is -0.367. The minimum Gasteiger partial charge on any atom is -0.393 e. The van der Waals surface area contributed by atoms with E-state index in [0.717, 1.165) is 0 Å². The zero-order chi connectivity index (χ0) is 15.3. The Kier molecular flexibility index (Phi) is 5.73. The Labute approximate surface area is 119 Å². The maximum Gasteiger partial charge on any atom is 0.267 e. The number of aryl methyl sites for hydroxylation is 1. The summed E-state index contributed by atoms with van der Waals surface area (Å²) in [6, 6.07) is 1.32. The molecule has 20 heavy (non-hydrogen) atoms. The molecule has 0 radical (unpaired) electrons. The molecule has 1 aromatic rings. The molecular weight excluding hydrogens is 282 g/mol. The maximum atomic E-state index is 11.9. The molecule has 1 unspecified atom stereocenters. The maximum absolute atomic E-state index is 11.9. The zero-order valence-electron chi connectivity index (χ0n) is 11.9. The number of aliphatic hydroxyl groups excluding tert-OH is 1. The molecular formula is C12H21N3O4S. The van der Waals surface area contributed by atoms with Crippen molar-refractivity contribution >= 4 is 15.9 Å². The number of aromatic nitrogens is 1. The van der Waals surface area contributed by atoms with Gasteiger partial charge in [0.05, 0.1) is 6.10 Å². The lowest BCUT2D eigenvalue weighted by atomic mass is 10.2. The van der Waals surface area contributed by atoms with Gasteiger partial charge in [-0.1, -0.05) is 6.92 Å². The van der Waals surface area contributed by atoms with Gasteiger partial charge in [0.25, 0.3) is 5.91 Å². The van der Waals surface area contributed by atoms with Crippen LogP contribution in [-0.4, -0.2) is 43.7 Å². The van der Waals surface area contributed by atoms with Crippen molar-refractivity contribution in [2.75, 3.05) is 13.6 Å². The Balaban J connectivity index is 2.75. The Morgan fingerprint density at radius 1 is 1.50 bits per heavy atom. The van der Waals surface area contributed by atoms with E-state index in [0.29, 0.717) is 19.4 Å². The lowest BCUT2D eigenvalue weighted by molar-refractivity contribution is 0.0934. The van der Waals surface area contributed by atoms with Gasteiger partial charge in [0.2, 0.25) is 10.0 Å². The molecule has 1 atom stereocenters. The minimum atomic E-state index is -3.56. The standard InChI is InChI=1S/C12H21N3O4S/c1-4-9(16)5-6-14-12(17)11-7-10(8-15(11)3)20(18,19)13-2/h7-9,13,16H,4-6H2,1-3H3,(H,14,17). The second kappa shape index (κ2) is 6.87. The van der Waals surface area contributed by atoms with Crippen LogP contribution >= 0.6 is 0 Å². The fraction of sp³-hybridized carbons (Fsp3) is 0.583. The summed E-state index contributed by atoms with van der Waals surface area (Å²) in [6.07, 6.45) is 2.03. The number of carbonyl (C=O) groups excluding carboxylic acids is 1. The van der Waals surface area contributed by atoms with Crippen molar-refractivity contribution in [2.24, 2.45) is 7.05 Å². The van der Waals surface area contributed by atoms with Crippen molar-refractivity contribution in [1.82, 2.24) is 14.6 Å². The molecule has 1 aromatic heterocycles. The van der Waals surface area contributed by atoms with Crippen LogP contribution in [0.25, 0.3) is 0 Å². The molecule has 114 valence electrons. The number of hydrogen-bond donors (Lipinski definition) is 3. The average Bonchev–Trinajstić information content (AvgIpc) is 2.81. The molecule has 0 aliphatic rings. The molecule has 1 heterocycles. The van der Waals surface area contributed by atoms with Gasteiger partial charge in [-0.2, -0.15) is 0 Å². The molecule has 1 amide bonds. The highest BCUT2D eigenvalue weighted by atomic mass is 32.2. The van der Waals surface area contributed by atoms with E-state index in [4.69, 9.17) is 0 Å². The highest BCUT2D eigenvalue weighted by Crippen LogP contribution is 2.13. The molecule has 0 saturated carbocycles. The first kappa shape index (κ1) is 16.7. The quantitative estimate of drug-likeness (QED) is 0.650. The Hall–Kier alpha value is -1.38. The van der Waals surface area contributed by atoms with Crippen LogP contribution < -0.4 is 10.0 Å². The fourth-order valence-corrected chi connectivity index (χ4v) is 2.47. The summed E-state index contributed by atoms with van der Waals surface area (Å²) in [5, 5.41) is 12.0. The predicted octanol–water partition coefficient (Wildman–Crippen LogP) is -0.176. The average molecular weight is 303 g/mol. The Morgan fingerprint density at radius 2 is 2.15 bits per heavy atom. The monoisotopic (exact) mass is 303 g/mol. The Morgan fingerprint density at radius 3 is 2.70 bits per heavy atom. The van der Waals surface area contributed by atoms with Gasteiger partial charge in [-0.05, 0) is 26.0 Å². The molecule has 7 nitrogen and oxygen atoms in total. The van der Waals surface area contributed by atoms with Gasteiger partial charge >= 0.3 is 0 Å². The first-order chi connectivity index (χ1) is 9.31. The zero-order valence-corrected chi connectivity index (χ0v) is 12.7. The largest absolute Gasteiger partial charge is 0.393 e. The van der Waals surface area contributed by atoms with E-state index in [1.807, 2.05) is 6.92 Å². The van der Waals surface area contributed by atoms with Gasteiger partial charge in [0.15, 0.2) is 0 Å².